The summed E-state index contributed by atoms with van der Waals surface area (Å²) in [5, 5.41) is 8.96. The molecular weight excluding hydrogens is 357 g/mol. The number of nitrogens with one attached hydrogen (secondary N) is 1. The highest BCUT2D eigenvalue weighted by Crippen LogP contribution is 2.17. The number of rotatable bonds is 6. The first kappa shape index (κ1) is 19.6. The van der Waals surface area contributed by atoms with E-state index in [1.807, 2.05) is 6.07 Å². The van der Waals surface area contributed by atoms with Gasteiger partial charge in [0.1, 0.15) is 5.82 Å². The SMILES string of the molecule is CC(=O)N(CCNS(=O)(=O)c1ccc(F)c(C)c1)c1cccc(C#N)c1. The zero-order valence-electron chi connectivity index (χ0n) is 14.4. The predicted octanol–water partition coefficient (Wildman–Crippen LogP) is 2.34. The summed E-state index contributed by atoms with van der Waals surface area (Å²) >= 11 is 0. The van der Waals surface area contributed by atoms with E-state index in [1.165, 1.54) is 30.9 Å². The number of benzene rings is 2. The number of nitrogens with zero attached hydrogens (tertiary/aromatic N) is 2. The van der Waals surface area contributed by atoms with Crippen LogP contribution < -0.4 is 9.62 Å². The van der Waals surface area contributed by atoms with Crippen molar-refractivity contribution in [1.82, 2.24) is 4.72 Å². The maximum Gasteiger partial charge on any atom is 0.240 e. The molecule has 0 saturated carbocycles. The number of carbonyl (C=O) groups is 1. The van der Waals surface area contributed by atoms with E-state index in [1.54, 1.807) is 24.3 Å². The van der Waals surface area contributed by atoms with Gasteiger partial charge in [0.25, 0.3) is 0 Å². The topological polar surface area (TPSA) is 90.3 Å². The Bertz CT molecular complexity index is 968. The first-order valence-corrected chi connectivity index (χ1v) is 9.27. The van der Waals surface area contributed by atoms with Crippen LogP contribution >= 0.6 is 0 Å². The molecule has 0 fully saturated rings. The molecule has 6 nitrogen and oxygen atoms in total. The van der Waals surface area contributed by atoms with Crippen LogP contribution in [0.25, 0.3) is 0 Å². The second-order valence-electron chi connectivity index (χ2n) is 5.64. The first-order valence-electron chi connectivity index (χ1n) is 7.78. The number of carbonyl (C=O) groups excluding carboxylic acids is 1. The molecule has 136 valence electrons. The van der Waals surface area contributed by atoms with Crippen molar-refractivity contribution < 1.29 is 17.6 Å². The van der Waals surface area contributed by atoms with Crippen molar-refractivity contribution in [3.8, 4) is 6.07 Å². The molecule has 0 spiro atoms. The van der Waals surface area contributed by atoms with Gasteiger partial charge in [0, 0.05) is 25.7 Å². The Labute approximate surface area is 151 Å². The van der Waals surface area contributed by atoms with E-state index in [0.29, 0.717) is 11.3 Å². The standard InChI is InChI=1S/C18H18FN3O3S/c1-13-10-17(6-7-18(13)19)26(24,25)21-8-9-22(14(2)23)16-5-3-4-15(11-16)12-20/h3-7,10-11,21H,8-9H2,1-2H3. The smallest absolute Gasteiger partial charge is 0.240 e. The molecule has 2 aromatic carbocycles. The molecule has 0 atom stereocenters. The molecule has 0 aliphatic carbocycles. The van der Waals surface area contributed by atoms with E-state index in [9.17, 15) is 17.6 Å². The maximum absolute atomic E-state index is 13.3. The Balaban J connectivity index is 2.11. The van der Waals surface area contributed by atoms with Crippen LogP contribution in [0.4, 0.5) is 10.1 Å². The van der Waals surface area contributed by atoms with E-state index in [-0.39, 0.29) is 29.5 Å². The van der Waals surface area contributed by atoms with Crippen molar-refractivity contribution >= 4 is 21.6 Å². The summed E-state index contributed by atoms with van der Waals surface area (Å²) in [7, 11) is -3.82. The second kappa shape index (κ2) is 8.08. The lowest BCUT2D eigenvalue weighted by Gasteiger charge is -2.21. The van der Waals surface area contributed by atoms with Gasteiger partial charge >= 0.3 is 0 Å². The van der Waals surface area contributed by atoms with Crippen LogP contribution in [0.5, 0.6) is 0 Å². The third-order valence-corrected chi connectivity index (χ3v) is 5.19. The molecule has 1 N–H and O–H groups in total. The van der Waals surface area contributed by atoms with Crippen molar-refractivity contribution in [3.05, 3.63) is 59.4 Å². The fourth-order valence-electron chi connectivity index (χ4n) is 2.37. The monoisotopic (exact) mass is 375 g/mol. The molecule has 0 bridgehead atoms. The highest BCUT2D eigenvalue weighted by molar-refractivity contribution is 7.89. The highest BCUT2D eigenvalue weighted by Gasteiger charge is 2.17. The number of sulfonamides is 1. The van der Waals surface area contributed by atoms with E-state index in [0.717, 1.165) is 6.07 Å². The van der Waals surface area contributed by atoms with Gasteiger partial charge in [-0.2, -0.15) is 5.26 Å². The molecule has 26 heavy (non-hydrogen) atoms. The van der Waals surface area contributed by atoms with Crippen LogP contribution in [0, 0.1) is 24.1 Å². The lowest BCUT2D eigenvalue weighted by molar-refractivity contribution is -0.116. The normalized spacial score (nSPS) is 11.0. The van der Waals surface area contributed by atoms with Gasteiger partial charge in [0.05, 0.1) is 16.5 Å². The van der Waals surface area contributed by atoms with E-state index < -0.39 is 15.8 Å². The molecule has 2 aromatic rings. The minimum Gasteiger partial charge on any atom is -0.311 e. The number of aryl methyl sites for hydroxylation is 1. The molecule has 0 aromatic heterocycles. The van der Waals surface area contributed by atoms with E-state index in [4.69, 9.17) is 5.26 Å². The van der Waals surface area contributed by atoms with Crippen LogP contribution in [0.1, 0.15) is 18.1 Å². The summed E-state index contributed by atoms with van der Waals surface area (Å²) in [6, 6.07) is 12.0. The number of hydrogen-bond acceptors (Lipinski definition) is 4. The second-order valence-corrected chi connectivity index (χ2v) is 7.41. The van der Waals surface area contributed by atoms with E-state index >= 15 is 0 Å². The number of anilines is 1. The summed E-state index contributed by atoms with van der Waals surface area (Å²) in [6.07, 6.45) is 0. The number of hydrogen-bond donors (Lipinski definition) is 1. The molecule has 0 saturated heterocycles. The molecule has 1 amide bonds. The predicted molar refractivity (Wildman–Crippen MR) is 95.5 cm³/mol. The molecule has 2 rings (SSSR count). The Kier molecular flexibility index (Phi) is 6.08. The van der Waals surface area contributed by atoms with Crippen LogP contribution in [-0.4, -0.2) is 27.4 Å². The van der Waals surface area contributed by atoms with Crippen LogP contribution in [0.15, 0.2) is 47.4 Å². The Morgan fingerprint density at radius 1 is 1.27 bits per heavy atom. The van der Waals surface area contributed by atoms with Gasteiger partial charge in [-0.3, -0.25) is 4.79 Å². The lowest BCUT2D eigenvalue weighted by atomic mass is 10.2. The fourth-order valence-corrected chi connectivity index (χ4v) is 3.48. The van der Waals surface area contributed by atoms with Crippen LogP contribution in [0.3, 0.4) is 0 Å². The van der Waals surface area contributed by atoms with Gasteiger partial charge in [-0.05, 0) is 48.9 Å². The van der Waals surface area contributed by atoms with Gasteiger partial charge in [0.15, 0.2) is 0 Å². The van der Waals surface area contributed by atoms with E-state index in [2.05, 4.69) is 4.72 Å². The van der Waals surface area contributed by atoms with Gasteiger partial charge in [-0.1, -0.05) is 6.07 Å². The van der Waals surface area contributed by atoms with Gasteiger partial charge in [0.2, 0.25) is 15.9 Å². The summed E-state index contributed by atoms with van der Waals surface area (Å²) in [5.41, 5.74) is 1.14. The summed E-state index contributed by atoms with van der Waals surface area (Å²) in [4.78, 5) is 13.2. The molecule has 0 unspecified atom stereocenters. The minimum absolute atomic E-state index is 0.0326. The Morgan fingerprint density at radius 3 is 2.62 bits per heavy atom. The molecule has 0 aliphatic heterocycles. The lowest BCUT2D eigenvalue weighted by Crippen LogP contribution is -2.37. The minimum atomic E-state index is -3.82. The molecule has 0 heterocycles. The van der Waals surface area contributed by atoms with Crippen molar-refractivity contribution in [1.29, 1.82) is 5.26 Å². The highest BCUT2D eigenvalue weighted by atomic mass is 32.2. The first-order chi connectivity index (χ1) is 12.2. The largest absolute Gasteiger partial charge is 0.311 e. The zero-order valence-corrected chi connectivity index (χ0v) is 15.2. The Hall–Kier alpha value is -2.76. The van der Waals surface area contributed by atoms with Crippen molar-refractivity contribution in [2.45, 2.75) is 18.7 Å². The van der Waals surface area contributed by atoms with Gasteiger partial charge in [-0.15, -0.1) is 0 Å². The fraction of sp³-hybridized carbons (Fsp3) is 0.222. The molecule has 8 heteroatoms. The van der Waals surface area contributed by atoms with Crippen LogP contribution in [-0.2, 0) is 14.8 Å². The quantitative estimate of drug-likeness (QED) is 0.839. The average Bonchev–Trinajstić information content (AvgIpc) is 2.60. The average molecular weight is 375 g/mol. The Morgan fingerprint density at radius 2 is 2.00 bits per heavy atom. The summed E-state index contributed by atoms with van der Waals surface area (Å²) in [6.45, 7) is 2.89. The molecular formula is C18H18FN3O3S. The molecule has 0 radical (unpaired) electrons. The maximum atomic E-state index is 13.3. The van der Waals surface area contributed by atoms with Crippen molar-refractivity contribution in [2.75, 3.05) is 18.0 Å². The summed E-state index contributed by atoms with van der Waals surface area (Å²) in [5.74, 6) is -0.763. The van der Waals surface area contributed by atoms with Gasteiger partial charge in [-0.25, -0.2) is 17.5 Å². The van der Waals surface area contributed by atoms with Gasteiger partial charge < -0.3 is 4.90 Å². The van der Waals surface area contributed by atoms with Crippen molar-refractivity contribution in [3.63, 3.8) is 0 Å². The number of halogens is 1. The van der Waals surface area contributed by atoms with Crippen LogP contribution in [0.2, 0.25) is 0 Å². The third-order valence-electron chi connectivity index (χ3n) is 3.73. The number of amides is 1. The third kappa shape index (κ3) is 4.65. The molecule has 0 aliphatic rings. The van der Waals surface area contributed by atoms with Crippen molar-refractivity contribution in [2.24, 2.45) is 0 Å². The summed E-state index contributed by atoms with van der Waals surface area (Å²) < 4.78 is 40.3. The zero-order chi connectivity index (χ0) is 19.3. The number of nitriles is 1.